The van der Waals surface area contributed by atoms with Crippen LogP contribution in [0.15, 0.2) is 59.7 Å². The molecule has 20 heavy (non-hydrogen) atoms. The minimum Gasteiger partial charge on any atom is -0.506 e. The number of aromatic hydroxyl groups is 1. The van der Waals surface area contributed by atoms with Gasteiger partial charge in [0.25, 0.3) is 0 Å². The molecule has 2 aromatic carbocycles. The van der Waals surface area contributed by atoms with E-state index in [1.807, 2.05) is 30.3 Å². The number of hydrogen-bond acceptors (Lipinski definition) is 3. The maximum absolute atomic E-state index is 9.74. The highest BCUT2D eigenvalue weighted by molar-refractivity contribution is 6.30. The van der Waals surface area contributed by atoms with E-state index in [-0.39, 0.29) is 5.75 Å². The van der Waals surface area contributed by atoms with Crippen molar-refractivity contribution in [3.05, 3.63) is 65.3 Å². The minimum absolute atomic E-state index is 0.101. The van der Waals surface area contributed by atoms with Gasteiger partial charge >= 0.3 is 0 Å². The van der Waals surface area contributed by atoms with Crippen molar-refractivity contribution >= 4 is 34.4 Å². The van der Waals surface area contributed by atoms with Gasteiger partial charge < -0.3 is 5.11 Å². The molecule has 4 heteroatoms. The number of phenols is 1. The number of para-hydroxylation sites is 1. The summed E-state index contributed by atoms with van der Waals surface area (Å²) in [5.74, 6) is 0.101. The summed E-state index contributed by atoms with van der Waals surface area (Å²) in [5.41, 5.74) is 2.29. The first-order valence-electron chi connectivity index (χ1n) is 6.10. The van der Waals surface area contributed by atoms with Crippen LogP contribution in [0.5, 0.6) is 5.75 Å². The smallest absolute Gasteiger partial charge is 0.141 e. The molecule has 0 aliphatic heterocycles. The van der Waals surface area contributed by atoms with Crippen LogP contribution in [-0.2, 0) is 0 Å². The van der Waals surface area contributed by atoms with E-state index < -0.39 is 0 Å². The van der Waals surface area contributed by atoms with Crippen molar-refractivity contribution < 1.29 is 5.11 Å². The predicted octanol–water partition coefficient (Wildman–Crippen LogP) is 4.34. The summed E-state index contributed by atoms with van der Waals surface area (Å²) in [6.07, 6.45) is 3.44. The number of nitrogens with zero attached hydrogens (tertiary/aromatic N) is 2. The average molecular weight is 283 g/mol. The van der Waals surface area contributed by atoms with Crippen molar-refractivity contribution in [1.29, 1.82) is 0 Å². The molecule has 3 nitrogen and oxygen atoms in total. The van der Waals surface area contributed by atoms with Crippen molar-refractivity contribution in [3.8, 4) is 5.75 Å². The average Bonchev–Trinajstić information content (AvgIpc) is 2.48. The van der Waals surface area contributed by atoms with Gasteiger partial charge in [-0.1, -0.05) is 29.8 Å². The quantitative estimate of drug-likeness (QED) is 0.711. The zero-order valence-corrected chi connectivity index (χ0v) is 11.2. The van der Waals surface area contributed by atoms with Crippen LogP contribution in [0.1, 0.15) is 5.56 Å². The molecule has 0 unspecified atom stereocenters. The van der Waals surface area contributed by atoms with Crippen molar-refractivity contribution in [2.45, 2.75) is 0 Å². The highest BCUT2D eigenvalue weighted by atomic mass is 35.5. The van der Waals surface area contributed by atoms with Crippen LogP contribution in [-0.4, -0.2) is 16.3 Å². The Labute approximate surface area is 121 Å². The molecule has 1 aromatic heterocycles. The summed E-state index contributed by atoms with van der Waals surface area (Å²) < 4.78 is 0. The third kappa shape index (κ3) is 2.49. The maximum Gasteiger partial charge on any atom is 0.141 e. The zero-order chi connectivity index (χ0) is 13.9. The van der Waals surface area contributed by atoms with Gasteiger partial charge in [-0.3, -0.25) is 9.98 Å². The van der Waals surface area contributed by atoms with Crippen LogP contribution < -0.4 is 0 Å². The Morgan fingerprint density at radius 1 is 1.10 bits per heavy atom. The molecule has 3 rings (SSSR count). The monoisotopic (exact) mass is 282 g/mol. The molecule has 0 aliphatic rings. The Morgan fingerprint density at radius 2 is 1.95 bits per heavy atom. The number of halogens is 1. The van der Waals surface area contributed by atoms with Crippen LogP contribution in [0, 0.1) is 0 Å². The first kappa shape index (κ1) is 12.6. The molecule has 0 fully saturated rings. The van der Waals surface area contributed by atoms with Crippen LogP contribution in [0.4, 0.5) is 5.69 Å². The van der Waals surface area contributed by atoms with Crippen LogP contribution >= 0.6 is 11.6 Å². The van der Waals surface area contributed by atoms with Crippen molar-refractivity contribution in [3.63, 3.8) is 0 Å². The van der Waals surface area contributed by atoms with E-state index in [1.54, 1.807) is 24.5 Å². The fraction of sp³-hybridized carbons (Fsp3) is 0. The molecule has 0 saturated heterocycles. The third-order valence-electron chi connectivity index (χ3n) is 2.96. The van der Waals surface area contributed by atoms with Crippen molar-refractivity contribution in [2.24, 2.45) is 4.99 Å². The number of aliphatic imine (C=N–C) groups is 1. The van der Waals surface area contributed by atoms with Gasteiger partial charge in [0.1, 0.15) is 11.4 Å². The topological polar surface area (TPSA) is 45.5 Å². The first-order chi connectivity index (χ1) is 9.74. The van der Waals surface area contributed by atoms with Gasteiger partial charge in [-0.2, -0.15) is 0 Å². The van der Waals surface area contributed by atoms with E-state index in [1.165, 1.54) is 6.07 Å². The number of rotatable bonds is 2. The summed E-state index contributed by atoms with van der Waals surface area (Å²) in [7, 11) is 0. The van der Waals surface area contributed by atoms with E-state index in [0.29, 0.717) is 10.7 Å². The maximum atomic E-state index is 9.74. The second kappa shape index (κ2) is 5.31. The fourth-order valence-electron chi connectivity index (χ4n) is 1.97. The zero-order valence-electron chi connectivity index (χ0n) is 10.5. The summed E-state index contributed by atoms with van der Waals surface area (Å²) in [6.45, 7) is 0. The Kier molecular flexibility index (Phi) is 3.35. The second-order valence-corrected chi connectivity index (χ2v) is 4.74. The molecule has 0 atom stereocenters. The van der Waals surface area contributed by atoms with E-state index in [9.17, 15) is 5.11 Å². The number of fused-ring (bicyclic) bond motifs is 1. The third-order valence-corrected chi connectivity index (χ3v) is 3.20. The van der Waals surface area contributed by atoms with Gasteiger partial charge in [0.15, 0.2) is 0 Å². The van der Waals surface area contributed by atoms with Crippen LogP contribution in [0.25, 0.3) is 10.9 Å². The van der Waals surface area contributed by atoms with E-state index in [2.05, 4.69) is 9.98 Å². The van der Waals surface area contributed by atoms with Gasteiger partial charge in [0.2, 0.25) is 0 Å². The van der Waals surface area contributed by atoms with Crippen molar-refractivity contribution in [1.82, 2.24) is 4.98 Å². The summed E-state index contributed by atoms with van der Waals surface area (Å²) in [5, 5.41) is 11.3. The molecular weight excluding hydrogens is 272 g/mol. The lowest BCUT2D eigenvalue weighted by Crippen LogP contribution is -1.86. The standard InChI is InChI=1S/C16H11ClN2O/c17-12-5-6-16(20)15(9-12)19-10-11-7-8-18-14-4-2-1-3-13(11)14/h1-10,20H. The molecule has 98 valence electrons. The van der Waals surface area contributed by atoms with Gasteiger partial charge in [0, 0.05) is 28.4 Å². The largest absolute Gasteiger partial charge is 0.506 e. The van der Waals surface area contributed by atoms with E-state index >= 15 is 0 Å². The van der Waals surface area contributed by atoms with Crippen molar-refractivity contribution in [2.75, 3.05) is 0 Å². The highest BCUT2D eigenvalue weighted by Gasteiger charge is 2.01. The lowest BCUT2D eigenvalue weighted by atomic mass is 10.1. The lowest BCUT2D eigenvalue weighted by molar-refractivity contribution is 0.477. The van der Waals surface area contributed by atoms with Gasteiger partial charge in [-0.25, -0.2) is 0 Å². The number of pyridine rings is 1. The Morgan fingerprint density at radius 3 is 2.85 bits per heavy atom. The van der Waals surface area contributed by atoms with E-state index in [0.717, 1.165) is 16.5 Å². The van der Waals surface area contributed by atoms with E-state index in [4.69, 9.17) is 11.6 Å². The summed E-state index contributed by atoms with van der Waals surface area (Å²) in [6, 6.07) is 14.5. The number of aromatic nitrogens is 1. The van der Waals surface area contributed by atoms with Gasteiger partial charge in [-0.05, 0) is 30.3 Å². The SMILES string of the molecule is Oc1ccc(Cl)cc1N=Cc1ccnc2ccccc12. The lowest BCUT2D eigenvalue weighted by Gasteiger charge is -2.02. The molecule has 0 radical (unpaired) electrons. The Balaban J connectivity index is 2.05. The fourth-order valence-corrected chi connectivity index (χ4v) is 2.14. The molecule has 1 heterocycles. The van der Waals surface area contributed by atoms with Crippen LogP contribution in [0.3, 0.4) is 0 Å². The Hall–Kier alpha value is -2.39. The highest BCUT2D eigenvalue weighted by Crippen LogP contribution is 2.29. The molecule has 3 aromatic rings. The molecule has 0 aliphatic carbocycles. The number of phenolic OH excluding ortho intramolecular Hbond substituents is 1. The Bertz CT molecular complexity index is 794. The summed E-state index contributed by atoms with van der Waals surface area (Å²) >= 11 is 5.90. The molecule has 0 saturated carbocycles. The first-order valence-corrected chi connectivity index (χ1v) is 6.48. The minimum atomic E-state index is 0.101. The molecule has 0 amide bonds. The number of benzene rings is 2. The molecular formula is C16H11ClN2O. The molecule has 0 spiro atoms. The van der Waals surface area contributed by atoms with Crippen LogP contribution in [0.2, 0.25) is 5.02 Å². The molecule has 1 N–H and O–H groups in total. The number of hydrogen-bond donors (Lipinski definition) is 1. The normalized spacial score (nSPS) is 11.2. The predicted molar refractivity (Wildman–Crippen MR) is 82.1 cm³/mol. The van der Waals surface area contributed by atoms with Gasteiger partial charge in [-0.15, -0.1) is 0 Å². The second-order valence-electron chi connectivity index (χ2n) is 4.31. The summed E-state index contributed by atoms with van der Waals surface area (Å²) in [4.78, 5) is 8.60. The molecule has 0 bridgehead atoms. The van der Waals surface area contributed by atoms with Gasteiger partial charge in [0.05, 0.1) is 5.52 Å².